The van der Waals surface area contributed by atoms with Crippen molar-refractivity contribution in [3.63, 3.8) is 0 Å². The normalized spacial score (nSPS) is 9.80. The number of benzene rings is 1. The topological polar surface area (TPSA) is 38.7 Å². The Labute approximate surface area is 90.0 Å². The van der Waals surface area contributed by atoms with Crippen LogP contribution in [0.3, 0.4) is 0 Å². The highest BCUT2D eigenvalue weighted by Gasteiger charge is 2.06. The van der Waals surface area contributed by atoms with Crippen molar-refractivity contribution in [2.45, 2.75) is 20.5 Å². The Morgan fingerprint density at radius 3 is 2.67 bits per heavy atom. The predicted molar refractivity (Wildman–Crippen MR) is 59.0 cm³/mol. The van der Waals surface area contributed by atoms with Gasteiger partial charge < -0.3 is 14.6 Å². The van der Waals surface area contributed by atoms with Crippen molar-refractivity contribution in [2.75, 3.05) is 6.61 Å². The fourth-order valence-electron chi connectivity index (χ4n) is 1.19. The average Bonchev–Trinajstić information content (AvgIpc) is 2.20. The standard InChI is InChI=1S/C12H16O3/c1-4-14-12-7-10(8-13)5-6-11(12)15-9(2)3/h5-7,13H,2,4,8H2,1,3H3. The highest BCUT2D eigenvalue weighted by molar-refractivity contribution is 5.43. The Bertz CT molecular complexity index is 345. The van der Waals surface area contributed by atoms with E-state index < -0.39 is 0 Å². The molecule has 0 unspecified atom stereocenters. The summed E-state index contributed by atoms with van der Waals surface area (Å²) < 4.78 is 10.8. The Hall–Kier alpha value is -1.48. The third-order valence-electron chi connectivity index (χ3n) is 1.77. The maximum atomic E-state index is 8.99. The zero-order valence-corrected chi connectivity index (χ0v) is 9.12. The van der Waals surface area contributed by atoms with E-state index in [0.717, 1.165) is 5.56 Å². The summed E-state index contributed by atoms with van der Waals surface area (Å²) in [6, 6.07) is 5.33. The fraction of sp³-hybridized carbons (Fsp3) is 0.333. The molecule has 0 atom stereocenters. The summed E-state index contributed by atoms with van der Waals surface area (Å²) in [7, 11) is 0. The largest absolute Gasteiger partial charge is 0.490 e. The number of hydrogen-bond donors (Lipinski definition) is 1. The number of aliphatic hydroxyl groups excluding tert-OH is 1. The lowest BCUT2D eigenvalue weighted by molar-refractivity contribution is 0.278. The van der Waals surface area contributed by atoms with Gasteiger partial charge in [0.25, 0.3) is 0 Å². The van der Waals surface area contributed by atoms with Gasteiger partial charge in [0.2, 0.25) is 0 Å². The highest BCUT2D eigenvalue weighted by Crippen LogP contribution is 2.29. The lowest BCUT2D eigenvalue weighted by Gasteiger charge is -2.12. The lowest BCUT2D eigenvalue weighted by Crippen LogP contribution is -1.98. The third-order valence-corrected chi connectivity index (χ3v) is 1.77. The van der Waals surface area contributed by atoms with Crippen molar-refractivity contribution in [3.8, 4) is 11.5 Å². The second kappa shape index (κ2) is 5.41. The Morgan fingerprint density at radius 2 is 2.13 bits per heavy atom. The van der Waals surface area contributed by atoms with E-state index >= 15 is 0 Å². The van der Waals surface area contributed by atoms with Crippen LogP contribution in [0.4, 0.5) is 0 Å². The minimum atomic E-state index is -0.00652. The number of aliphatic hydroxyl groups is 1. The smallest absolute Gasteiger partial charge is 0.168 e. The monoisotopic (exact) mass is 208 g/mol. The number of rotatable bonds is 5. The second-order valence-corrected chi connectivity index (χ2v) is 3.18. The zero-order chi connectivity index (χ0) is 11.3. The van der Waals surface area contributed by atoms with Crippen molar-refractivity contribution < 1.29 is 14.6 Å². The van der Waals surface area contributed by atoms with Crippen molar-refractivity contribution in [2.24, 2.45) is 0 Å². The predicted octanol–water partition coefficient (Wildman–Crippen LogP) is 2.49. The summed E-state index contributed by atoms with van der Waals surface area (Å²) in [6.45, 7) is 7.89. The first-order valence-corrected chi connectivity index (χ1v) is 4.87. The van der Waals surface area contributed by atoms with Crippen molar-refractivity contribution in [3.05, 3.63) is 36.1 Å². The van der Waals surface area contributed by atoms with E-state index in [4.69, 9.17) is 14.6 Å². The molecular weight excluding hydrogens is 192 g/mol. The van der Waals surface area contributed by atoms with Crippen LogP contribution in [0.5, 0.6) is 11.5 Å². The van der Waals surface area contributed by atoms with E-state index in [9.17, 15) is 0 Å². The molecular formula is C12H16O3. The van der Waals surface area contributed by atoms with Gasteiger partial charge >= 0.3 is 0 Å². The molecule has 1 aromatic carbocycles. The van der Waals surface area contributed by atoms with Crippen LogP contribution in [-0.4, -0.2) is 11.7 Å². The van der Waals surface area contributed by atoms with Gasteiger partial charge in [0, 0.05) is 0 Å². The molecule has 0 amide bonds. The first-order valence-electron chi connectivity index (χ1n) is 4.87. The van der Waals surface area contributed by atoms with Gasteiger partial charge in [-0.05, 0) is 31.5 Å². The van der Waals surface area contributed by atoms with E-state index in [1.807, 2.05) is 6.92 Å². The van der Waals surface area contributed by atoms with Crippen LogP contribution in [0.25, 0.3) is 0 Å². The SMILES string of the molecule is C=C(C)Oc1ccc(CO)cc1OCC. The third kappa shape index (κ3) is 3.29. The van der Waals surface area contributed by atoms with Gasteiger partial charge in [-0.25, -0.2) is 0 Å². The lowest BCUT2D eigenvalue weighted by atomic mass is 10.2. The molecule has 0 fully saturated rings. The zero-order valence-electron chi connectivity index (χ0n) is 9.12. The first kappa shape index (κ1) is 11.6. The summed E-state index contributed by atoms with van der Waals surface area (Å²) in [6.07, 6.45) is 0. The number of hydrogen-bond acceptors (Lipinski definition) is 3. The molecule has 0 aliphatic heterocycles. The number of ether oxygens (including phenoxy) is 2. The minimum Gasteiger partial charge on any atom is -0.490 e. The van der Waals surface area contributed by atoms with E-state index in [0.29, 0.717) is 23.9 Å². The minimum absolute atomic E-state index is 0.00652. The van der Waals surface area contributed by atoms with Gasteiger partial charge in [-0.1, -0.05) is 12.6 Å². The van der Waals surface area contributed by atoms with E-state index in [1.54, 1.807) is 25.1 Å². The molecule has 0 heterocycles. The van der Waals surface area contributed by atoms with Crippen LogP contribution in [0.1, 0.15) is 19.4 Å². The Balaban J connectivity index is 2.97. The van der Waals surface area contributed by atoms with Gasteiger partial charge in [0.1, 0.15) is 0 Å². The molecule has 3 heteroatoms. The summed E-state index contributed by atoms with van der Waals surface area (Å²) in [5.41, 5.74) is 0.799. The molecule has 0 spiro atoms. The molecule has 1 N–H and O–H groups in total. The van der Waals surface area contributed by atoms with Gasteiger partial charge in [0.15, 0.2) is 11.5 Å². The van der Waals surface area contributed by atoms with Crippen LogP contribution in [0.2, 0.25) is 0 Å². The van der Waals surface area contributed by atoms with Gasteiger partial charge in [-0.15, -0.1) is 0 Å². The highest BCUT2D eigenvalue weighted by atomic mass is 16.5. The molecule has 0 aromatic heterocycles. The molecule has 0 saturated heterocycles. The van der Waals surface area contributed by atoms with Crippen LogP contribution in [-0.2, 0) is 6.61 Å². The molecule has 0 aliphatic carbocycles. The van der Waals surface area contributed by atoms with Crippen molar-refractivity contribution in [1.29, 1.82) is 0 Å². The van der Waals surface area contributed by atoms with Crippen molar-refractivity contribution >= 4 is 0 Å². The van der Waals surface area contributed by atoms with Crippen LogP contribution < -0.4 is 9.47 Å². The Kier molecular flexibility index (Phi) is 4.18. The summed E-state index contributed by atoms with van der Waals surface area (Å²) in [5.74, 6) is 1.86. The van der Waals surface area contributed by atoms with Crippen LogP contribution >= 0.6 is 0 Å². The molecule has 1 aromatic rings. The average molecular weight is 208 g/mol. The molecule has 1 rings (SSSR count). The quantitative estimate of drug-likeness (QED) is 0.755. The first-order chi connectivity index (χ1) is 7.17. The fourth-order valence-corrected chi connectivity index (χ4v) is 1.19. The molecule has 0 saturated carbocycles. The van der Waals surface area contributed by atoms with E-state index in [2.05, 4.69) is 6.58 Å². The van der Waals surface area contributed by atoms with Crippen molar-refractivity contribution in [1.82, 2.24) is 0 Å². The maximum Gasteiger partial charge on any atom is 0.168 e. The Morgan fingerprint density at radius 1 is 1.40 bits per heavy atom. The van der Waals surface area contributed by atoms with Gasteiger partial charge in [-0.3, -0.25) is 0 Å². The maximum absolute atomic E-state index is 8.99. The summed E-state index contributed by atoms with van der Waals surface area (Å²) >= 11 is 0. The molecule has 0 radical (unpaired) electrons. The van der Waals surface area contributed by atoms with E-state index in [1.165, 1.54) is 0 Å². The summed E-state index contributed by atoms with van der Waals surface area (Å²) in [4.78, 5) is 0. The van der Waals surface area contributed by atoms with Crippen LogP contribution in [0.15, 0.2) is 30.5 Å². The molecule has 15 heavy (non-hydrogen) atoms. The molecule has 0 aliphatic rings. The number of allylic oxidation sites excluding steroid dienone is 1. The van der Waals surface area contributed by atoms with Crippen LogP contribution in [0, 0.1) is 0 Å². The second-order valence-electron chi connectivity index (χ2n) is 3.18. The molecule has 3 nitrogen and oxygen atoms in total. The molecule has 0 bridgehead atoms. The van der Waals surface area contributed by atoms with Gasteiger partial charge in [-0.2, -0.15) is 0 Å². The van der Waals surface area contributed by atoms with Gasteiger partial charge in [0.05, 0.1) is 19.0 Å². The molecule has 82 valence electrons. The summed E-state index contributed by atoms with van der Waals surface area (Å²) in [5, 5.41) is 8.99. The van der Waals surface area contributed by atoms with E-state index in [-0.39, 0.29) is 6.61 Å².